The number of thioether (sulfide) groups is 1. The van der Waals surface area contributed by atoms with Gasteiger partial charge in [0.2, 0.25) is 0 Å². The van der Waals surface area contributed by atoms with Crippen molar-refractivity contribution < 1.29 is 4.74 Å². The van der Waals surface area contributed by atoms with E-state index in [-0.39, 0.29) is 0 Å². The molecule has 0 aliphatic carbocycles. The van der Waals surface area contributed by atoms with Gasteiger partial charge in [-0.25, -0.2) is 0 Å². The van der Waals surface area contributed by atoms with Crippen LogP contribution < -0.4 is 4.74 Å². The third-order valence-electron chi connectivity index (χ3n) is 2.27. The second-order valence-corrected chi connectivity index (χ2v) is 4.52. The van der Waals surface area contributed by atoms with E-state index in [4.69, 9.17) is 4.74 Å². The highest BCUT2D eigenvalue weighted by Gasteiger charge is 2.07. The highest BCUT2D eigenvalue weighted by atomic mass is 32.2. The lowest BCUT2D eigenvalue weighted by Gasteiger charge is -2.13. The number of methoxy groups -OCH3 is 1. The first kappa shape index (κ1) is 11.4. The van der Waals surface area contributed by atoms with Crippen LogP contribution in [0.5, 0.6) is 5.75 Å². The molecule has 14 heavy (non-hydrogen) atoms. The van der Waals surface area contributed by atoms with E-state index in [1.165, 1.54) is 11.1 Å². The molecular weight excluding hydrogens is 192 g/mol. The third-order valence-corrected chi connectivity index (χ3v) is 2.87. The van der Waals surface area contributed by atoms with Crippen molar-refractivity contribution in [3.8, 4) is 5.75 Å². The summed E-state index contributed by atoms with van der Waals surface area (Å²) in [7, 11) is 1.72. The molecule has 0 aliphatic rings. The van der Waals surface area contributed by atoms with E-state index >= 15 is 0 Å². The van der Waals surface area contributed by atoms with E-state index in [1.54, 1.807) is 7.11 Å². The lowest BCUT2D eigenvalue weighted by atomic mass is 9.98. The van der Waals surface area contributed by atoms with Crippen molar-refractivity contribution >= 4 is 11.8 Å². The normalized spacial score (nSPS) is 10.6. The minimum atomic E-state index is 0.586. The van der Waals surface area contributed by atoms with E-state index in [0.717, 1.165) is 11.5 Å². The fourth-order valence-electron chi connectivity index (χ4n) is 1.55. The van der Waals surface area contributed by atoms with Crippen LogP contribution in [0.1, 0.15) is 30.9 Å². The average molecular weight is 210 g/mol. The van der Waals surface area contributed by atoms with Crippen LogP contribution in [0, 0.1) is 0 Å². The molecule has 0 spiro atoms. The average Bonchev–Trinajstić information content (AvgIpc) is 2.17. The standard InChI is InChI=1S/C12H18OS/c1-9(2)12-6-5-11(13-3)7-10(12)8-14-4/h5-7,9H,8H2,1-4H3. The molecule has 0 saturated carbocycles. The highest BCUT2D eigenvalue weighted by molar-refractivity contribution is 7.97. The summed E-state index contributed by atoms with van der Waals surface area (Å²) in [4.78, 5) is 0. The van der Waals surface area contributed by atoms with Gasteiger partial charge in [-0.3, -0.25) is 0 Å². The van der Waals surface area contributed by atoms with Crippen molar-refractivity contribution in [2.24, 2.45) is 0 Å². The first-order valence-corrected chi connectivity index (χ1v) is 6.24. The van der Waals surface area contributed by atoms with Crippen molar-refractivity contribution in [2.45, 2.75) is 25.5 Å². The maximum atomic E-state index is 5.23. The molecule has 0 aromatic heterocycles. The van der Waals surface area contributed by atoms with Gasteiger partial charge in [-0.15, -0.1) is 0 Å². The Bertz CT molecular complexity index is 294. The summed E-state index contributed by atoms with van der Waals surface area (Å²) in [5.41, 5.74) is 2.83. The van der Waals surface area contributed by atoms with Crippen LogP contribution >= 0.6 is 11.8 Å². The monoisotopic (exact) mass is 210 g/mol. The molecule has 0 heterocycles. The molecule has 1 rings (SSSR count). The molecule has 2 heteroatoms. The molecule has 78 valence electrons. The maximum Gasteiger partial charge on any atom is 0.119 e. The Morgan fingerprint density at radius 1 is 1.36 bits per heavy atom. The van der Waals surface area contributed by atoms with Crippen LogP contribution in [0.2, 0.25) is 0 Å². The van der Waals surface area contributed by atoms with Crippen LogP contribution in [-0.4, -0.2) is 13.4 Å². The van der Waals surface area contributed by atoms with Crippen LogP contribution in [-0.2, 0) is 5.75 Å². The quantitative estimate of drug-likeness (QED) is 0.749. The SMILES string of the molecule is COc1ccc(C(C)C)c(CSC)c1. The van der Waals surface area contributed by atoms with E-state index in [2.05, 4.69) is 32.2 Å². The lowest BCUT2D eigenvalue weighted by molar-refractivity contribution is 0.414. The minimum absolute atomic E-state index is 0.586. The largest absolute Gasteiger partial charge is 0.497 e. The van der Waals surface area contributed by atoms with Gasteiger partial charge in [0.05, 0.1) is 7.11 Å². The van der Waals surface area contributed by atoms with Gasteiger partial charge in [0.25, 0.3) is 0 Å². The molecule has 0 N–H and O–H groups in total. The van der Waals surface area contributed by atoms with E-state index in [0.29, 0.717) is 5.92 Å². The first-order valence-electron chi connectivity index (χ1n) is 4.84. The molecule has 0 aliphatic heterocycles. The van der Waals surface area contributed by atoms with Crippen molar-refractivity contribution in [1.29, 1.82) is 0 Å². The van der Waals surface area contributed by atoms with E-state index in [1.807, 2.05) is 17.8 Å². The van der Waals surface area contributed by atoms with Gasteiger partial charge in [0.1, 0.15) is 5.75 Å². The third kappa shape index (κ3) is 2.68. The minimum Gasteiger partial charge on any atom is -0.497 e. The second-order valence-electron chi connectivity index (χ2n) is 3.65. The summed E-state index contributed by atoms with van der Waals surface area (Å²) in [6.07, 6.45) is 2.13. The van der Waals surface area contributed by atoms with Crippen LogP contribution in [0.4, 0.5) is 0 Å². The molecule has 0 amide bonds. The summed E-state index contributed by atoms with van der Waals surface area (Å²) in [5, 5.41) is 0. The lowest BCUT2D eigenvalue weighted by Crippen LogP contribution is -1.96. The second kappa shape index (κ2) is 5.30. The van der Waals surface area contributed by atoms with Crippen molar-refractivity contribution in [3.63, 3.8) is 0 Å². The molecule has 0 bridgehead atoms. The summed E-state index contributed by atoms with van der Waals surface area (Å²) >= 11 is 1.85. The Labute approximate surface area is 90.9 Å². The summed E-state index contributed by atoms with van der Waals surface area (Å²) in [6, 6.07) is 6.36. The van der Waals surface area contributed by atoms with Gasteiger partial charge in [0.15, 0.2) is 0 Å². The zero-order valence-electron chi connectivity index (χ0n) is 9.33. The van der Waals surface area contributed by atoms with Crippen molar-refractivity contribution in [2.75, 3.05) is 13.4 Å². The van der Waals surface area contributed by atoms with Crippen molar-refractivity contribution in [1.82, 2.24) is 0 Å². The summed E-state index contributed by atoms with van der Waals surface area (Å²) < 4.78 is 5.23. The summed E-state index contributed by atoms with van der Waals surface area (Å²) in [5.74, 6) is 2.60. The number of hydrogen-bond acceptors (Lipinski definition) is 2. The Morgan fingerprint density at radius 3 is 2.57 bits per heavy atom. The summed E-state index contributed by atoms with van der Waals surface area (Å²) in [6.45, 7) is 4.46. The maximum absolute atomic E-state index is 5.23. The van der Waals surface area contributed by atoms with Gasteiger partial charge >= 0.3 is 0 Å². The zero-order chi connectivity index (χ0) is 10.6. The molecule has 0 saturated heterocycles. The number of rotatable bonds is 4. The van der Waals surface area contributed by atoms with Gasteiger partial charge < -0.3 is 4.74 Å². The highest BCUT2D eigenvalue weighted by Crippen LogP contribution is 2.26. The zero-order valence-corrected chi connectivity index (χ0v) is 10.1. The van der Waals surface area contributed by atoms with Gasteiger partial charge in [0, 0.05) is 5.75 Å². The Morgan fingerprint density at radius 2 is 2.07 bits per heavy atom. The van der Waals surface area contributed by atoms with E-state index < -0.39 is 0 Å². The predicted molar refractivity (Wildman–Crippen MR) is 64.3 cm³/mol. The molecule has 0 radical (unpaired) electrons. The number of hydrogen-bond donors (Lipinski definition) is 0. The van der Waals surface area contributed by atoms with E-state index in [9.17, 15) is 0 Å². The molecule has 1 aromatic carbocycles. The van der Waals surface area contributed by atoms with Crippen LogP contribution in [0.15, 0.2) is 18.2 Å². The Hall–Kier alpha value is -0.630. The number of ether oxygens (including phenoxy) is 1. The molecule has 0 fully saturated rings. The fourth-order valence-corrected chi connectivity index (χ4v) is 2.11. The van der Waals surface area contributed by atoms with Crippen molar-refractivity contribution in [3.05, 3.63) is 29.3 Å². The Balaban J connectivity index is 3.03. The Kier molecular flexibility index (Phi) is 4.33. The smallest absolute Gasteiger partial charge is 0.119 e. The van der Waals surface area contributed by atoms with Gasteiger partial charge in [-0.2, -0.15) is 11.8 Å². The molecule has 1 nitrogen and oxygen atoms in total. The molecule has 0 atom stereocenters. The van der Waals surface area contributed by atoms with Crippen LogP contribution in [0.25, 0.3) is 0 Å². The number of benzene rings is 1. The molecule has 0 unspecified atom stereocenters. The topological polar surface area (TPSA) is 9.23 Å². The fraction of sp³-hybridized carbons (Fsp3) is 0.500. The first-order chi connectivity index (χ1) is 6.69. The van der Waals surface area contributed by atoms with Crippen LogP contribution in [0.3, 0.4) is 0 Å². The molecular formula is C12H18OS. The predicted octanol–water partition coefficient (Wildman–Crippen LogP) is 3.68. The molecule has 1 aromatic rings. The van der Waals surface area contributed by atoms with Gasteiger partial charge in [-0.1, -0.05) is 19.9 Å². The van der Waals surface area contributed by atoms with Gasteiger partial charge in [-0.05, 0) is 35.4 Å².